The third-order valence-corrected chi connectivity index (χ3v) is 2.61. The summed E-state index contributed by atoms with van der Waals surface area (Å²) in [5.74, 6) is 0. The zero-order valence-corrected chi connectivity index (χ0v) is 8.79. The maximum Gasteiger partial charge on any atom is 0.0952 e. The Hall–Kier alpha value is -1.20. The molecule has 0 spiro atoms. The van der Waals surface area contributed by atoms with E-state index < -0.39 is 0 Å². The van der Waals surface area contributed by atoms with Gasteiger partial charge < -0.3 is 9.88 Å². The molecule has 4 nitrogen and oxygen atoms in total. The molecule has 0 saturated carbocycles. The summed E-state index contributed by atoms with van der Waals surface area (Å²) < 4.78 is 2.10. The number of thiazole rings is 1. The van der Waals surface area contributed by atoms with Crippen LogP contribution in [-0.2, 0) is 13.1 Å². The second-order valence-corrected chi connectivity index (χ2v) is 3.74. The molecule has 2 aromatic heterocycles. The topological polar surface area (TPSA) is 42.7 Å². The maximum absolute atomic E-state index is 4.24. The van der Waals surface area contributed by atoms with Crippen molar-refractivity contribution in [2.24, 2.45) is 0 Å². The van der Waals surface area contributed by atoms with Gasteiger partial charge in [0.15, 0.2) is 0 Å². The molecule has 0 aliphatic heterocycles. The normalized spacial score (nSPS) is 10.6. The van der Waals surface area contributed by atoms with E-state index in [0.29, 0.717) is 0 Å². The van der Waals surface area contributed by atoms with E-state index in [1.807, 2.05) is 25.1 Å². The van der Waals surface area contributed by atoms with Crippen LogP contribution in [0.2, 0.25) is 0 Å². The third-order valence-electron chi connectivity index (χ3n) is 1.97. The highest BCUT2D eigenvalue weighted by atomic mass is 32.1. The largest absolute Gasteiger partial charge is 0.327 e. The van der Waals surface area contributed by atoms with Crippen LogP contribution in [0.4, 0.5) is 0 Å². The number of imidazole rings is 1. The number of hydrogen-bond donors (Lipinski definition) is 1. The first kappa shape index (κ1) is 9.36. The van der Waals surface area contributed by atoms with E-state index in [2.05, 4.69) is 25.2 Å². The summed E-state index contributed by atoms with van der Waals surface area (Å²) in [5.41, 5.74) is 4.12. The average Bonchev–Trinajstić information content (AvgIpc) is 2.80. The first-order chi connectivity index (χ1) is 6.90. The first-order valence-corrected chi connectivity index (χ1v) is 5.35. The fourth-order valence-electron chi connectivity index (χ4n) is 1.31. The Morgan fingerprint density at radius 2 is 2.50 bits per heavy atom. The SMILES string of the molecule is CNCc1cncn1Cc1cscn1. The van der Waals surface area contributed by atoms with Crippen molar-refractivity contribution < 1.29 is 0 Å². The van der Waals surface area contributed by atoms with Gasteiger partial charge >= 0.3 is 0 Å². The molecule has 0 aliphatic rings. The summed E-state index contributed by atoms with van der Waals surface area (Å²) >= 11 is 1.62. The minimum Gasteiger partial charge on any atom is -0.327 e. The molecule has 0 amide bonds. The van der Waals surface area contributed by atoms with E-state index in [1.165, 1.54) is 5.69 Å². The molecule has 0 unspecified atom stereocenters. The summed E-state index contributed by atoms with van der Waals surface area (Å²) in [7, 11) is 1.93. The Balaban J connectivity index is 2.12. The van der Waals surface area contributed by atoms with Gasteiger partial charge in [-0.3, -0.25) is 0 Å². The Bertz CT molecular complexity index is 379. The molecule has 2 heterocycles. The van der Waals surface area contributed by atoms with Crippen molar-refractivity contribution in [1.29, 1.82) is 0 Å². The van der Waals surface area contributed by atoms with Crippen molar-refractivity contribution >= 4 is 11.3 Å². The summed E-state index contributed by atoms with van der Waals surface area (Å²) in [4.78, 5) is 8.36. The van der Waals surface area contributed by atoms with Crippen LogP contribution in [0.5, 0.6) is 0 Å². The van der Waals surface area contributed by atoms with Crippen LogP contribution in [0.15, 0.2) is 23.4 Å². The summed E-state index contributed by atoms with van der Waals surface area (Å²) in [6.45, 7) is 1.64. The molecule has 14 heavy (non-hydrogen) atoms. The lowest BCUT2D eigenvalue weighted by atomic mass is 10.4. The Kier molecular flexibility index (Phi) is 2.90. The highest BCUT2D eigenvalue weighted by molar-refractivity contribution is 7.07. The van der Waals surface area contributed by atoms with Crippen LogP contribution >= 0.6 is 11.3 Å². The molecule has 0 aromatic carbocycles. The Morgan fingerprint density at radius 3 is 3.21 bits per heavy atom. The van der Waals surface area contributed by atoms with Crippen LogP contribution in [0.25, 0.3) is 0 Å². The fourth-order valence-corrected chi connectivity index (χ4v) is 1.86. The van der Waals surface area contributed by atoms with Crippen LogP contribution in [0, 0.1) is 0 Å². The predicted molar refractivity (Wildman–Crippen MR) is 56.2 cm³/mol. The maximum atomic E-state index is 4.24. The monoisotopic (exact) mass is 208 g/mol. The molecule has 5 heteroatoms. The van der Waals surface area contributed by atoms with E-state index in [-0.39, 0.29) is 0 Å². The standard InChI is InChI=1S/C9H12N4S/c1-10-2-9-3-11-6-13(9)4-8-5-14-7-12-8/h3,5-7,10H,2,4H2,1H3. The summed E-state index contributed by atoms with van der Waals surface area (Å²) in [6, 6.07) is 0. The third kappa shape index (κ3) is 2.00. The second-order valence-electron chi connectivity index (χ2n) is 3.02. The van der Waals surface area contributed by atoms with Crippen molar-refractivity contribution in [1.82, 2.24) is 19.9 Å². The predicted octanol–water partition coefficient (Wildman–Crippen LogP) is 1.11. The summed E-state index contributed by atoms with van der Waals surface area (Å²) in [6.07, 6.45) is 3.72. The Morgan fingerprint density at radius 1 is 1.57 bits per heavy atom. The molecule has 2 aromatic rings. The zero-order valence-electron chi connectivity index (χ0n) is 7.97. The van der Waals surface area contributed by atoms with Gasteiger partial charge in [-0.15, -0.1) is 11.3 Å². The lowest BCUT2D eigenvalue weighted by molar-refractivity contribution is 0.685. The number of nitrogens with one attached hydrogen (secondary N) is 1. The molecular weight excluding hydrogens is 196 g/mol. The lowest BCUT2D eigenvalue weighted by Gasteiger charge is -2.05. The van der Waals surface area contributed by atoms with E-state index in [0.717, 1.165) is 18.8 Å². The smallest absolute Gasteiger partial charge is 0.0952 e. The van der Waals surface area contributed by atoms with Gasteiger partial charge in [0.25, 0.3) is 0 Å². The quantitative estimate of drug-likeness (QED) is 0.818. The molecule has 1 N–H and O–H groups in total. The average molecular weight is 208 g/mol. The molecular formula is C9H12N4S. The molecule has 0 atom stereocenters. The lowest BCUT2D eigenvalue weighted by Crippen LogP contribution is -2.11. The van der Waals surface area contributed by atoms with Gasteiger partial charge in [-0.1, -0.05) is 0 Å². The molecule has 2 rings (SSSR count). The van der Waals surface area contributed by atoms with Crippen LogP contribution < -0.4 is 5.32 Å². The minimum absolute atomic E-state index is 0.806. The molecule has 0 fully saturated rings. The van der Waals surface area contributed by atoms with Gasteiger partial charge in [0, 0.05) is 18.1 Å². The zero-order chi connectivity index (χ0) is 9.80. The van der Waals surface area contributed by atoms with E-state index in [9.17, 15) is 0 Å². The van der Waals surface area contributed by atoms with Gasteiger partial charge in [-0.05, 0) is 7.05 Å². The van der Waals surface area contributed by atoms with Crippen molar-refractivity contribution in [2.45, 2.75) is 13.1 Å². The number of rotatable bonds is 4. The van der Waals surface area contributed by atoms with Crippen molar-refractivity contribution in [3.8, 4) is 0 Å². The number of nitrogens with zero attached hydrogens (tertiary/aromatic N) is 3. The number of hydrogen-bond acceptors (Lipinski definition) is 4. The van der Waals surface area contributed by atoms with Gasteiger partial charge in [0.05, 0.1) is 29.8 Å². The molecule has 0 bridgehead atoms. The van der Waals surface area contributed by atoms with E-state index >= 15 is 0 Å². The molecule has 0 radical (unpaired) electrons. The highest BCUT2D eigenvalue weighted by Crippen LogP contribution is 2.06. The molecule has 0 saturated heterocycles. The Labute approximate surface area is 86.6 Å². The van der Waals surface area contributed by atoms with E-state index in [4.69, 9.17) is 0 Å². The van der Waals surface area contributed by atoms with Gasteiger partial charge in [-0.25, -0.2) is 9.97 Å². The van der Waals surface area contributed by atoms with Crippen molar-refractivity contribution in [2.75, 3.05) is 7.05 Å². The summed E-state index contributed by atoms with van der Waals surface area (Å²) in [5, 5.41) is 5.17. The van der Waals surface area contributed by atoms with Gasteiger partial charge in [-0.2, -0.15) is 0 Å². The minimum atomic E-state index is 0.806. The first-order valence-electron chi connectivity index (χ1n) is 4.41. The highest BCUT2D eigenvalue weighted by Gasteiger charge is 2.02. The van der Waals surface area contributed by atoms with Crippen LogP contribution in [0.1, 0.15) is 11.4 Å². The van der Waals surface area contributed by atoms with Crippen molar-refractivity contribution in [3.05, 3.63) is 34.8 Å². The van der Waals surface area contributed by atoms with Gasteiger partial charge in [0.2, 0.25) is 0 Å². The van der Waals surface area contributed by atoms with E-state index in [1.54, 1.807) is 11.3 Å². The van der Waals surface area contributed by atoms with Crippen molar-refractivity contribution in [3.63, 3.8) is 0 Å². The number of aromatic nitrogens is 3. The fraction of sp³-hybridized carbons (Fsp3) is 0.333. The van der Waals surface area contributed by atoms with Gasteiger partial charge in [0.1, 0.15) is 0 Å². The van der Waals surface area contributed by atoms with Crippen LogP contribution in [0.3, 0.4) is 0 Å². The van der Waals surface area contributed by atoms with Crippen LogP contribution in [-0.4, -0.2) is 21.6 Å². The second kappa shape index (κ2) is 4.34. The molecule has 74 valence electrons. The molecule has 0 aliphatic carbocycles.